The maximum Gasteiger partial charge on any atom is 0.306 e. The molecule has 0 spiro atoms. The molecule has 28 heavy (non-hydrogen) atoms. The van der Waals surface area contributed by atoms with Crippen molar-refractivity contribution in [3.05, 3.63) is 39.8 Å². The SMILES string of the molecule is CCc1ccc(NC(=O)c2nnc(COC(=O)CC3CCS(=O)(=O)C3)s2)cc1. The molecular weight excluding hydrogens is 402 g/mol. The average Bonchev–Trinajstić information content (AvgIpc) is 3.27. The van der Waals surface area contributed by atoms with Crippen LogP contribution in [0.2, 0.25) is 0 Å². The Kier molecular flexibility index (Phi) is 6.40. The van der Waals surface area contributed by atoms with Crippen LogP contribution in [0.3, 0.4) is 0 Å². The molecule has 1 aliphatic rings. The summed E-state index contributed by atoms with van der Waals surface area (Å²) >= 11 is 1.04. The van der Waals surface area contributed by atoms with E-state index < -0.39 is 15.8 Å². The number of nitrogens with zero attached hydrogens (tertiary/aromatic N) is 2. The van der Waals surface area contributed by atoms with E-state index in [0.717, 1.165) is 17.8 Å². The zero-order valence-electron chi connectivity index (χ0n) is 15.4. The predicted octanol–water partition coefficient (Wildman–Crippen LogP) is 2.22. The number of aryl methyl sites for hydroxylation is 1. The molecule has 1 amide bonds. The van der Waals surface area contributed by atoms with E-state index in [0.29, 0.717) is 17.1 Å². The van der Waals surface area contributed by atoms with Gasteiger partial charge in [-0.15, -0.1) is 10.2 Å². The molecule has 1 N–H and O–H groups in total. The summed E-state index contributed by atoms with van der Waals surface area (Å²) in [6.07, 6.45) is 1.47. The van der Waals surface area contributed by atoms with Crippen molar-refractivity contribution in [2.75, 3.05) is 16.8 Å². The lowest BCUT2D eigenvalue weighted by atomic mass is 10.1. The topological polar surface area (TPSA) is 115 Å². The van der Waals surface area contributed by atoms with E-state index in [1.807, 2.05) is 24.3 Å². The minimum atomic E-state index is -3.02. The van der Waals surface area contributed by atoms with Gasteiger partial charge in [-0.05, 0) is 36.5 Å². The molecule has 1 aromatic carbocycles. The number of aromatic nitrogens is 2. The average molecular weight is 424 g/mol. The number of carbonyl (C=O) groups excluding carboxylic acids is 2. The summed E-state index contributed by atoms with van der Waals surface area (Å²) in [5.41, 5.74) is 1.84. The molecule has 8 nitrogen and oxygen atoms in total. The van der Waals surface area contributed by atoms with Gasteiger partial charge in [0.2, 0.25) is 5.01 Å². The smallest absolute Gasteiger partial charge is 0.306 e. The fourth-order valence-electron chi connectivity index (χ4n) is 2.88. The van der Waals surface area contributed by atoms with E-state index in [1.165, 1.54) is 5.56 Å². The normalized spacial score (nSPS) is 18.0. The van der Waals surface area contributed by atoms with E-state index in [2.05, 4.69) is 22.4 Å². The van der Waals surface area contributed by atoms with Gasteiger partial charge in [-0.2, -0.15) is 0 Å². The number of esters is 1. The highest BCUT2D eigenvalue weighted by molar-refractivity contribution is 7.91. The molecule has 1 saturated heterocycles. The highest BCUT2D eigenvalue weighted by Gasteiger charge is 2.30. The molecule has 1 aliphatic heterocycles. The number of hydrogen-bond acceptors (Lipinski definition) is 8. The lowest BCUT2D eigenvalue weighted by Gasteiger charge is -2.06. The molecule has 1 unspecified atom stereocenters. The Morgan fingerprint density at radius 3 is 2.64 bits per heavy atom. The van der Waals surface area contributed by atoms with Gasteiger partial charge in [-0.25, -0.2) is 8.42 Å². The summed E-state index contributed by atoms with van der Waals surface area (Å²) in [7, 11) is -3.02. The van der Waals surface area contributed by atoms with E-state index in [9.17, 15) is 18.0 Å². The van der Waals surface area contributed by atoms with Gasteiger partial charge in [-0.1, -0.05) is 30.4 Å². The van der Waals surface area contributed by atoms with Gasteiger partial charge in [0.25, 0.3) is 5.91 Å². The second-order valence-electron chi connectivity index (χ2n) is 6.64. The minimum absolute atomic E-state index is 0.0322. The summed E-state index contributed by atoms with van der Waals surface area (Å²) in [6, 6.07) is 7.53. The largest absolute Gasteiger partial charge is 0.458 e. The van der Waals surface area contributed by atoms with Crippen LogP contribution in [0.5, 0.6) is 0 Å². The molecule has 1 atom stereocenters. The highest BCUT2D eigenvalue weighted by atomic mass is 32.2. The van der Waals surface area contributed by atoms with Gasteiger partial charge >= 0.3 is 5.97 Å². The van der Waals surface area contributed by atoms with Crippen molar-refractivity contribution in [1.82, 2.24) is 10.2 Å². The maximum absolute atomic E-state index is 12.2. The standard InChI is InChI=1S/C18H21N3O5S2/c1-2-12-3-5-14(6-4-12)19-17(23)18-21-20-15(27-18)10-26-16(22)9-13-7-8-28(24,25)11-13/h3-6,13H,2,7-11H2,1H3,(H,19,23). The summed E-state index contributed by atoms with van der Waals surface area (Å²) in [4.78, 5) is 24.1. The van der Waals surface area contributed by atoms with Crippen LogP contribution >= 0.6 is 11.3 Å². The van der Waals surface area contributed by atoms with Crippen LogP contribution in [0.4, 0.5) is 5.69 Å². The third-order valence-electron chi connectivity index (χ3n) is 4.42. The van der Waals surface area contributed by atoms with Crippen LogP contribution in [0.15, 0.2) is 24.3 Å². The Balaban J connectivity index is 1.48. The van der Waals surface area contributed by atoms with E-state index in [-0.39, 0.29) is 41.4 Å². The summed E-state index contributed by atoms with van der Waals surface area (Å²) in [5, 5.41) is 11.0. The summed E-state index contributed by atoms with van der Waals surface area (Å²) < 4.78 is 28.0. The number of carbonyl (C=O) groups is 2. The third-order valence-corrected chi connectivity index (χ3v) is 7.15. The summed E-state index contributed by atoms with van der Waals surface area (Å²) in [5.74, 6) is -0.881. The third kappa shape index (κ3) is 5.59. The first-order valence-corrected chi connectivity index (χ1v) is 11.6. The second kappa shape index (κ2) is 8.78. The number of amides is 1. The van der Waals surface area contributed by atoms with Crippen molar-refractivity contribution in [3.63, 3.8) is 0 Å². The molecular formula is C18H21N3O5S2. The number of rotatable bonds is 7. The van der Waals surface area contributed by atoms with Crippen molar-refractivity contribution in [1.29, 1.82) is 0 Å². The number of sulfone groups is 1. The van der Waals surface area contributed by atoms with Gasteiger partial charge in [-0.3, -0.25) is 9.59 Å². The number of benzene rings is 1. The van der Waals surface area contributed by atoms with Crippen LogP contribution in [0.1, 0.15) is 40.1 Å². The first-order chi connectivity index (χ1) is 13.3. The van der Waals surface area contributed by atoms with Crippen LogP contribution in [0, 0.1) is 5.92 Å². The van der Waals surface area contributed by atoms with E-state index >= 15 is 0 Å². The van der Waals surface area contributed by atoms with Crippen molar-refractivity contribution < 1.29 is 22.7 Å². The zero-order valence-corrected chi connectivity index (χ0v) is 17.0. The van der Waals surface area contributed by atoms with E-state index in [1.54, 1.807) is 0 Å². The molecule has 0 radical (unpaired) electrons. The van der Waals surface area contributed by atoms with Gasteiger partial charge in [0.05, 0.1) is 11.5 Å². The first-order valence-electron chi connectivity index (χ1n) is 8.93. The Labute approximate surface area is 167 Å². The zero-order chi connectivity index (χ0) is 20.1. The van der Waals surface area contributed by atoms with Gasteiger partial charge in [0, 0.05) is 12.1 Å². The van der Waals surface area contributed by atoms with E-state index in [4.69, 9.17) is 4.74 Å². The van der Waals surface area contributed by atoms with Crippen molar-refractivity contribution in [2.24, 2.45) is 5.92 Å². The van der Waals surface area contributed by atoms with Gasteiger partial charge < -0.3 is 10.1 Å². The number of anilines is 1. The minimum Gasteiger partial charge on any atom is -0.458 e. The predicted molar refractivity (Wildman–Crippen MR) is 105 cm³/mol. The molecule has 0 saturated carbocycles. The first kappa shape index (κ1) is 20.4. The molecule has 0 aliphatic carbocycles. The fraction of sp³-hybridized carbons (Fsp3) is 0.444. The lowest BCUT2D eigenvalue weighted by Crippen LogP contribution is -2.13. The fourth-order valence-corrected chi connectivity index (χ4v) is 5.39. The highest BCUT2D eigenvalue weighted by Crippen LogP contribution is 2.22. The Hall–Kier alpha value is -2.33. The molecule has 2 heterocycles. The summed E-state index contributed by atoms with van der Waals surface area (Å²) in [6.45, 7) is 1.97. The Morgan fingerprint density at radius 1 is 1.25 bits per heavy atom. The molecule has 3 rings (SSSR count). The van der Waals surface area contributed by atoms with Crippen LogP contribution in [-0.2, 0) is 32.4 Å². The van der Waals surface area contributed by atoms with Crippen molar-refractivity contribution in [2.45, 2.75) is 32.8 Å². The molecule has 1 aromatic heterocycles. The van der Waals surface area contributed by atoms with Gasteiger partial charge in [0.1, 0.15) is 6.61 Å². The number of ether oxygens (including phenoxy) is 1. The van der Waals surface area contributed by atoms with Crippen molar-refractivity contribution >= 4 is 38.7 Å². The maximum atomic E-state index is 12.2. The molecule has 1 fully saturated rings. The molecule has 10 heteroatoms. The number of nitrogens with one attached hydrogen (secondary N) is 1. The van der Waals surface area contributed by atoms with Crippen LogP contribution in [-0.4, -0.2) is 42.0 Å². The molecule has 2 aromatic rings. The number of hydrogen-bond donors (Lipinski definition) is 1. The molecule has 0 bridgehead atoms. The monoisotopic (exact) mass is 423 g/mol. The quantitative estimate of drug-likeness (QED) is 0.679. The van der Waals surface area contributed by atoms with Crippen molar-refractivity contribution in [3.8, 4) is 0 Å². The second-order valence-corrected chi connectivity index (χ2v) is 9.93. The van der Waals surface area contributed by atoms with Crippen LogP contribution in [0.25, 0.3) is 0 Å². The van der Waals surface area contributed by atoms with Crippen LogP contribution < -0.4 is 5.32 Å². The van der Waals surface area contributed by atoms with Gasteiger partial charge in [0.15, 0.2) is 14.8 Å². The Bertz CT molecular complexity index is 954. The Morgan fingerprint density at radius 2 is 2.00 bits per heavy atom. The molecule has 150 valence electrons. The lowest BCUT2D eigenvalue weighted by molar-refractivity contribution is -0.145.